The average Bonchev–Trinajstić information content (AvgIpc) is 2.53. The zero-order chi connectivity index (χ0) is 16.1. The van der Waals surface area contributed by atoms with Gasteiger partial charge >= 0.3 is 0 Å². The van der Waals surface area contributed by atoms with Crippen LogP contribution in [0.5, 0.6) is 0 Å². The van der Waals surface area contributed by atoms with Crippen LogP contribution in [0.1, 0.15) is 22.8 Å². The molecule has 2 aromatic rings. The second kappa shape index (κ2) is 6.49. The van der Waals surface area contributed by atoms with E-state index in [0.29, 0.717) is 17.0 Å². The van der Waals surface area contributed by atoms with Gasteiger partial charge < -0.3 is 5.73 Å². The molecule has 0 bridgehead atoms. The Morgan fingerprint density at radius 3 is 2.18 bits per heavy atom. The molecule has 0 saturated heterocycles. The summed E-state index contributed by atoms with van der Waals surface area (Å²) in [6, 6.07) is 12.4. The summed E-state index contributed by atoms with van der Waals surface area (Å²) >= 11 is 0. The normalized spacial score (nSPS) is 11.0. The van der Waals surface area contributed by atoms with Crippen molar-refractivity contribution in [2.45, 2.75) is 6.92 Å². The van der Waals surface area contributed by atoms with Crippen molar-refractivity contribution in [2.24, 2.45) is 5.10 Å². The van der Waals surface area contributed by atoms with Crippen molar-refractivity contribution in [2.75, 3.05) is 5.73 Å². The van der Waals surface area contributed by atoms with Crippen molar-refractivity contribution >= 4 is 23.0 Å². The van der Waals surface area contributed by atoms with Crippen LogP contribution in [-0.4, -0.2) is 16.5 Å². The topological polar surface area (TPSA) is 111 Å². The Morgan fingerprint density at radius 2 is 1.64 bits per heavy atom. The summed E-state index contributed by atoms with van der Waals surface area (Å²) < 4.78 is 0. The van der Waals surface area contributed by atoms with E-state index in [2.05, 4.69) is 10.5 Å². The fourth-order valence-electron chi connectivity index (χ4n) is 1.72. The number of nitrogen functional groups attached to an aromatic ring is 1. The number of nitrogens with one attached hydrogen (secondary N) is 1. The standard InChI is InChI=1S/C15H14N4O3/c1-10(11-2-6-13(16)7-3-11)17-18-15(20)12-4-8-14(9-5-12)19(21)22/h2-9H,16H2,1H3,(H,18,20). The number of nitrogens with two attached hydrogens (primary N) is 1. The van der Waals surface area contributed by atoms with Crippen LogP contribution in [0.2, 0.25) is 0 Å². The van der Waals surface area contributed by atoms with Gasteiger partial charge in [0.25, 0.3) is 11.6 Å². The summed E-state index contributed by atoms with van der Waals surface area (Å²) in [5, 5.41) is 14.6. The molecule has 0 atom stereocenters. The Bertz CT molecular complexity index is 721. The number of nitrogens with zero attached hydrogens (tertiary/aromatic N) is 2. The number of carbonyl (C=O) groups excluding carboxylic acids is 1. The van der Waals surface area contributed by atoms with E-state index < -0.39 is 10.8 Å². The molecule has 7 nitrogen and oxygen atoms in total. The van der Waals surface area contributed by atoms with Crippen LogP contribution in [-0.2, 0) is 0 Å². The van der Waals surface area contributed by atoms with Gasteiger partial charge in [-0.15, -0.1) is 0 Å². The minimum Gasteiger partial charge on any atom is -0.399 e. The van der Waals surface area contributed by atoms with Crippen molar-refractivity contribution in [3.63, 3.8) is 0 Å². The number of hydrazone groups is 1. The van der Waals surface area contributed by atoms with E-state index in [9.17, 15) is 14.9 Å². The average molecular weight is 298 g/mol. The van der Waals surface area contributed by atoms with E-state index in [-0.39, 0.29) is 5.69 Å². The Hall–Kier alpha value is -3.22. The second-order valence-electron chi connectivity index (χ2n) is 4.56. The second-order valence-corrected chi connectivity index (χ2v) is 4.56. The highest BCUT2D eigenvalue weighted by Gasteiger charge is 2.09. The number of hydrogen-bond acceptors (Lipinski definition) is 5. The fourth-order valence-corrected chi connectivity index (χ4v) is 1.72. The molecule has 0 saturated carbocycles. The van der Waals surface area contributed by atoms with Crippen molar-refractivity contribution in [1.82, 2.24) is 5.43 Å². The lowest BCUT2D eigenvalue weighted by atomic mass is 10.1. The monoisotopic (exact) mass is 298 g/mol. The van der Waals surface area contributed by atoms with E-state index >= 15 is 0 Å². The molecule has 0 unspecified atom stereocenters. The molecule has 0 spiro atoms. The number of amides is 1. The number of benzene rings is 2. The van der Waals surface area contributed by atoms with Crippen molar-refractivity contribution in [3.8, 4) is 0 Å². The van der Waals surface area contributed by atoms with E-state index in [1.54, 1.807) is 31.2 Å². The number of rotatable bonds is 4. The van der Waals surface area contributed by atoms with Gasteiger partial charge in [-0.05, 0) is 36.8 Å². The summed E-state index contributed by atoms with van der Waals surface area (Å²) in [6.45, 7) is 1.75. The molecule has 0 fully saturated rings. The maximum Gasteiger partial charge on any atom is 0.271 e. The summed E-state index contributed by atoms with van der Waals surface area (Å²) in [5.74, 6) is -0.440. The predicted molar refractivity (Wildman–Crippen MR) is 83.6 cm³/mol. The number of nitro benzene ring substituents is 1. The van der Waals surface area contributed by atoms with Gasteiger partial charge in [0.1, 0.15) is 0 Å². The lowest BCUT2D eigenvalue weighted by Crippen LogP contribution is -2.19. The van der Waals surface area contributed by atoms with E-state index in [0.717, 1.165) is 5.56 Å². The van der Waals surface area contributed by atoms with Crippen LogP contribution in [0, 0.1) is 10.1 Å². The number of anilines is 1. The molecule has 0 aliphatic carbocycles. The zero-order valence-corrected chi connectivity index (χ0v) is 11.8. The first-order chi connectivity index (χ1) is 10.5. The molecule has 22 heavy (non-hydrogen) atoms. The molecule has 0 radical (unpaired) electrons. The van der Waals surface area contributed by atoms with Crippen LogP contribution >= 0.6 is 0 Å². The van der Waals surface area contributed by atoms with Crippen LogP contribution in [0.15, 0.2) is 53.6 Å². The molecular weight excluding hydrogens is 284 g/mol. The molecule has 0 aliphatic rings. The van der Waals surface area contributed by atoms with Gasteiger partial charge in [0.15, 0.2) is 0 Å². The first kappa shape index (κ1) is 15.2. The van der Waals surface area contributed by atoms with E-state index in [1.165, 1.54) is 24.3 Å². The highest BCUT2D eigenvalue weighted by atomic mass is 16.6. The first-order valence-electron chi connectivity index (χ1n) is 6.42. The van der Waals surface area contributed by atoms with E-state index in [4.69, 9.17) is 5.73 Å². The van der Waals surface area contributed by atoms with Crippen molar-refractivity contribution in [3.05, 3.63) is 69.8 Å². The van der Waals surface area contributed by atoms with Gasteiger partial charge in [-0.3, -0.25) is 14.9 Å². The molecule has 1 amide bonds. The molecule has 7 heteroatoms. The SMILES string of the molecule is CC(=NNC(=O)c1ccc([N+](=O)[O-])cc1)c1ccc(N)cc1. The van der Waals surface area contributed by atoms with Gasteiger partial charge in [0.05, 0.1) is 10.6 Å². The third-order valence-corrected chi connectivity index (χ3v) is 2.99. The third kappa shape index (κ3) is 3.66. The molecule has 3 N–H and O–H groups in total. The Morgan fingerprint density at radius 1 is 1.09 bits per heavy atom. The van der Waals surface area contributed by atoms with E-state index in [1.807, 2.05) is 0 Å². The smallest absolute Gasteiger partial charge is 0.271 e. The van der Waals surface area contributed by atoms with Crippen LogP contribution < -0.4 is 11.2 Å². The zero-order valence-electron chi connectivity index (χ0n) is 11.8. The number of non-ortho nitro benzene ring substituents is 1. The Kier molecular flexibility index (Phi) is 4.47. The van der Waals surface area contributed by atoms with Crippen molar-refractivity contribution in [1.29, 1.82) is 0 Å². The summed E-state index contributed by atoms with van der Waals surface area (Å²) in [4.78, 5) is 21.9. The maximum absolute atomic E-state index is 11.9. The van der Waals surface area contributed by atoms with Gasteiger partial charge in [-0.2, -0.15) is 5.10 Å². The lowest BCUT2D eigenvalue weighted by molar-refractivity contribution is -0.384. The summed E-state index contributed by atoms with van der Waals surface area (Å²) in [6.07, 6.45) is 0. The molecule has 0 heterocycles. The Labute approximate surface area is 126 Å². The van der Waals surface area contributed by atoms with Crippen LogP contribution in [0.25, 0.3) is 0 Å². The Balaban J connectivity index is 2.06. The van der Waals surface area contributed by atoms with Crippen molar-refractivity contribution < 1.29 is 9.72 Å². The van der Waals surface area contributed by atoms with Gasteiger partial charge in [0.2, 0.25) is 0 Å². The fraction of sp³-hybridized carbons (Fsp3) is 0.0667. The molecule has 2 rings (SSSR count). The van der Waals surface area contributed by atoms with Gasteiger partial charge in [-0.25, -0.2) is 5.43 Å². The minimum atomic E-state index is -0.523. The molecular formula is C15H14N4O3. The quantitative estimate of drug-likeness (QED) is 0.390. The van der Waals surface area contributed by atoms with Gasteiger partial charge in [0, 0.05) is 23.4 Å². The van der Waals surface area contributed by atoms with Crippen LogP contribution in [0.4, 0.5) is 11.4 Å². The number of hydrogen-bond donors (Lipinski definition) is 2. The summed E-state index contributed by atoms with van der Waals surface area (Å²) in [7, 11) is 0. The number of carbonyl (C=O) groups is 1. The third-order valence-electron chi connectivity index (χ3n) is 2.99. The molecule has 112 valence electrons. The number of nitro groups is 1. The highest BCUT2D eigenvalue weighted by molar-refractivity contribution is 6.01. The van der Waals surface area contributed by atoms with Crippen LogP contribution in [0.3, 0.4) is 0 Å². The lowest BCUT2D eigenvalue weighted by Gasteiger charge is -2.03. The molecule has 0 aromatic heterocycles. The predicted octanol–water partition coefficient (Wildman–Crippen LogP) is 2.33. The van der Waals surface area contributed by atoms with Gasteiger partial charge in [-0.1, -0.05) is 12.1 Å². The molecule has 2 aromatic carbocycles. The maximum atomic E-state index is 11.9. The summed E-state index contributed by atoms with van der Waals surface area (Å²) in [5.41, 5.74) is 10.3. The first-order valence-corrected chi connectivity index (χ1v) is 6.42. The minimum absolute atomic E-state index is 0.0712. The highest BCUT2D eigenvalue weighted by Crippen LogP contribution is 2.12. The largest absolute Gasteiger partial charge is 0.399 e. The molecule has 0 aliphatic heterocycles.